The minimum atomic E-state index is -3.30. The van der Waals surface area contributed by atoms with E-state index in [9.17, 15) is 13.2 Å². The smallest absolute Gasteiger partial charge is 0.330 e. The maximum absolute atomic E-state index is 12.6. The van der Waals surface area contributed by atoms with Crippen molar-refractivity contribution in [1.29, 1.82) is 0 Å². The maximum Gasteiger partial charge on any atom is 0.330 e. The van der Waals surface area contributed by atoms with Crippen LogP contribution in [0.3, 0.4) is 0 Å². The van der Waals surface area contributed by atoms with Gasteiger partial charge in [-0.3, -0.25) is 0 Å². The molecule has 0 amide bonds. The molecule has 2 aromatic carbocycles. The van der Waals surface area contributed by atoms with Crippen molar-refractivity contribution in [1.82, 2.24) is 0 Å². The molecule has 0 bridgehead atoms. The molecule has 4 nitrogen and oxygen atoms in total. The van der Waals surface area contributed by atoms with E-state index in [4.69, 9.17) is 4.74 Å². The summed E-state index contributed by atoms with van der Waals surface area (Å²) in [7, 11) is -3.30. The summed E-state index contributed by atoms with van der Waals surface area (Å²) >= 11 is 1.89. The van der Waals surface area contributed by atoms with E-state index in [-0.39, 0.29) is 5.75 Å². The summed E-state index contributed by atoms with van der Waals surface area (Å²) in [6.07, 6.45) is 9.28. The summed E-state index contributed by atoms with van der Waals surface area (Å²) in [4.78, 5) is 12.6. The number of unbranched alkanes of at least 4 members (excludes halogenated alkanes) is 3. The van der Waals surface area contributed by atoms with Crippen molar-refractivity contribution in [2.75, 3.05) is 18.1 Å². The minimum Gasteiger partial charge on any atom is -0.463 e. The molecule has 0 aliphatic heterocycles. The van der Waals surface area contributed by atoms with Crippen LogP contribution in [0.15, 0.2) is 71.0 Å². The quantitative estimate of drug-likeness (QED) is 0.0861. The third-order valence-corrected chi connectivity index (χ3v) is 8.70. The summed E-state index contributed by atoms with van der Waals surface area (Å²) in [6.45, 7) is 8.18. The number of thioether (sulfide) groups is 1. The van der Waals surface area contributed by atoms with Crippen molar-refractivity contribution in [2.45, 2.75) is 55.7 Å². The zero-order valence-electron chi connectivity index (χ0n) is 20.2. The van der Waals surface area contributed by atoms with E-state index >= 15 is 0 Å². The van der Waals surface area contributed by atoms with Gasteiger partial charge in [-0.05, 0) is 54.2 Å². The van der Waals surface area contributed by atoms with E-state index in [1.807, 2.05) is 36.0 Å². The lowest BCUT2D eigenvalue weighted by atomic mass is 10.1. The molecule has 0 aliphatic carbocycles. The third-order valence-electron chi connectivity index (χ3n) is 5.54. The molecular formula is C28H36O4S2. The van der Waals surface area contributed by atoms with E-state index < -0.39 is 15.8 Å². The maximum atomic E-state index is 12.6. The van der Waals surface area contributed by atoms with E-state index in [1.165, 1.54) is 11.3 Å². The Morgan fingerprint density at radius 2 is 1.56 bits per heavy atom. The first-order valence-electron chi connectivity index (χ1n) is 11.9. The van der Waals surface area contributed by atoms with Gasteiger partial charge in [0.1, 0.15) is 0 Å². The highest BCUT2D eigenvalue weighted by molar-refractivity contribution is 7.99. The van der Waals surface area contributed by atoms with Gasteiger partial charge in [-0.2, -0.15) is 0 Å². The molecule has 184 valence electrons. The number of carbonyl (C=O) groups excluding carboxylic acids is 1. The highest BCUT2D eigenvalue weighted by Crippen LogP contribution is 2.23. The molecule has 2 aromatic rings. The SMILES string of the molecule is C=CC(=O)OCCCCCCS(=O)(=O)c1ccc(/C=C/c2ccc(SCC(C)CC)cc2)cc1. The fourth-order valence-electron chi connectivity index (χ4n) is 3.11. The van der Waals surface area contributed by atoms with Crippen LogP contribution < -0.4 is 0 Å². The van der Waals surface area contributed by atoms with Crippen LogP contribution in [0, 0.1) is 5.92 Å². The number of hydrogen-bond acceptors (Lipinski definition) is 5. The van der Waals surface area contributed by atoms with Crippen LogP contribution in [0.25, 0.3) is 12.2 Å². The Morgan fingerprint density at radius 3 is 2.15 bits per heavy atom. The van der Waals surface area contributed by atoms with Crippen LogP contribution in [0.2, 0.25) is 0 Å². The third kappa shape index (κ3) is 10.3. The van der Waals surface area contributed by atoms with Crippen LogP contribution in [-0.4, -0.2) is 32.5 Å². The summed E-state index contributed by atoms with van der Waals surface area (Å²) in [6, 6.07) is 15.6. The second kappa shape index (κ2) is 14.8. The van der Waals surface area contributed by atoms with Gasteiger partial charge in [0.2, 0.25) is 0 Å². The number of benzene rings is 2. The van der Waals surface area contributed by atoms with E-state index in [2.05, 4.69) is 44.7 Å². The van der Waals surface area contributed by atoms with Gasteiger partial charge in [-0.15, -0.1) is 11.8 Å². The molecule has 2 rings (SSSR count). The number of rotatable bonds is 15. The lowest BCUT2D eigenvalue weighted by Gasteiger charge is -2.07. The Bertz CT molecular complexity index is 1020. The van der Waals surface area contributed by atoms with Crippen molar-refractivity contribution < 1.29 is 17.9 Å². The first-order chi connectivity index (χ1) is 16.3. The zero-order chi connectivity index (χ0) is 24.8. The molecule has 0 aromatic heterocycles. The predicted molar refractivity (Wildman–Crippen MR) is 144 cm³/mol. The van der Waals surface area contributed by atoms with Gasteiger partial charge in [-0.1, -0.05) is 76.1 Å². The molecule has 0 heterocycles. The number of esters is 1. The molecule has 0 fully saturated rings. The summed E-state index contributed by atoms with van der Waals surface area (Å²) < 4.78 is 30.1. The van der Waals surface area contributed by atoms with E-state index in [0.717, 1.165) is 48.1 Å². The fraction of sp³-hybridized carbons (Fsp3) is 0.393. The van der Waals surface area contributed by atoms with Crippen molar-refractivity contribution in [3.05, 3.63) is 72.3 Å². The molecule has 34 heavy (non-hydrogen) atoms. The van der Waals surface area contributed by atoms with Gasteiger partial charge >= 0.3 is 5.97 Å². The molecule has 0 radical (unpaired) electrons. The molecule has 6 heteroatoms. The second-order valence-corrected chi connectivity index (χ2v) is 11.6. The van der Waals surface area contributed by atoms with Gasteiger partial charge in [-0.25, -0.2) is 13.2 Å². The fourth-order valence-corrected chi connectivity index (χ4v) is 5.52. The Hall–Kier alpha value is -2.31. The average Bonchev–Trinajstić information content (AvgIpc) is 2.86. The average molecular weight is 501 g/mol. The topological polar surface area (TPSA) is 60.4 Å². The summed E-state index contributed by atoms with van der Waals surface area (Å²) in [5.41, 5.74) is 2.08. The molecule has 0 saturated heterocycles. The van der Waals surface area contributed by atoms with Crippen molar-refractivity contribution >= 4 is 39.7 Å². The standard InChI is InChI=1S/C28H36O4S2/c1-4-23(3)22-33-26-16-12-24(13-17-26)10-11-25-14-18-27(19-15-25)34(30,31)21-9-7-6-8-20-32-28(29)5-2/h5,10-19,23H,2,4,6-9,20-22H2,1,3H3/b11-10+. The molecular weight excluding hydrogens is 464 g/mol. The Labute approximate surface area is 209 Å². The van der Waals surface area contributed by atoms with Crippen LogP contribution in [-0.2, 0) is 19.4 Å². The van der Waals surface area contributed by atoms with Gasteiger partial charge < -0.3 is 4.74 Å². The van der Waals surface area contributed by atoms with Crippen LogP contribution in [0.1, 0.15) is 57.1 Å². The second-order valence-electron chi connectivity index (χ2n) is 8.40. The van der Waals surface area contributed by atoms with E-state index in [1.54, 1.807) is 12.1 Å². The first-order valence-corrected chi connectivity index (χ1v) is 14.5. The molecule has 1 atom stereocenters. The van der Waals surface area contributed by atoms with Gasteiger partial charge in [0, 0.05) is 16.7 Å². The highest BCUT2D eigenvalue weighted by atomic mass is 32.2. The van der Waals surface area contributed by atoms with Crippen LogP contribution >= 0.6 is 11.8 Å². The van der Waals surface area contributed by atoms with Crippen molar-refractivity contribution in [2.24, 2.45) is 5.92 Å². The molecule has 0 aliphatic rings. The van der Waals surface area contributed by atoms with Gasteiger partial charge in [0.25, 0.3) is 0 Å². The number of carbonyl (C=O) groups is 1. The summed E-state index contributed by atoms with van der Waals surface area (Å²) in [5, 5.41) is 0. The largest absolute Gasteiger partial charge is 0.463 e. The zero-order valence-corrected chi connectivity index (χ0v) is 21.9. The normalized spacial score (nSPS) is 12.5. The van der Waals surface area contributed by atoms with Crippen LogP contribution in [0.4, 0.5) is 0 Å². The number of sulfone groups is 1. The van der Waals surface area contributed by atoms with Crippen molar-refractivity contribution in [3.8, 4) is 0 Å². The monoisotopic (exact) mass is 500 g/mol. The van der Waals surface area contributed by atoms with E-state index in [0.29, 0.717) is 17.9 Å². The number of ether oxygens (including phenoxy) is 1. The molecule has 0 N–H and O–H groups in total. The summed E-state index contributed by atoms with van der Waals surface area (Å²) in [5.74, 6) is 1.55. The van der Waals surface area contributed by atoms with Gasteiger partial charge in [0.05, 0.1) is 17.3 Å². The highest BCUT2D eigenvalue weighted by Gasteiger charge is 2.13. The first kappa shape index (κ1) is 27.9. The number of hydrogen-bond donors (Lipinski definition) is 0. The molecule has 0 spiro atoms. The van der Waals surface area contributed by atoms with Crippen molar-refractivity contribution in [3.63, 3.8) is 0 Å². The molecule has 1 unspecified atom stereocenters. The predicted octanol–water partition coefficient (Wildman–Crippen LogP) is 7.06. The minimum absolute atomic E-state index is 0.121. The van der Waals surface area contributed by atoms with Gasteiger partial charge in [0.15, 0.2) is 9.84 Å². The molecule has 0 saturated carbocycles. The Kier molecular flexibility index (Phi) is 12.2. The Balaban J connectivity index is 1.79. The lowest BCUT2D eigenvalue weighted by Crippen LogP contribution is -2.07. The lowest BCUT2D eigenvalue weighted by molar-refractivity contribution is -0.137. The van der Waals surface area contributed by atoms with Crippen LogP contribution in [0.5, 0.6) is 0 Å². The Morgan fingerprint density at radius 1 is 0.971 bits per heavy atom.